The molecule has 2 nitrogen and oxygen atoms in total. The summed E-state index contributed by atoms with van der Waals surface area (Å²) in [6.07, 6.45) is 8.32. The van der Waals surface area contributed by atoms with Crippen LogP contribution in [0.1, 0.15) is 62.2 Å². The third-order valence-electron chi connectivity index (χ3n) is 5.15. The fourth-order valence-electron chi connectivity index (χ4n) is 3.87. The topological polar surface area (TPSA) is 20.3 Å². The first kappa shape index (κ1) is 13.7. The molecule has 0 N–H and O–H groups in total. The fraction of sp³-hybridized carbons (Fsp3) is 0.611. The van der Waals surface area contributed by atoms with Gasteiger partial charge in [0.05, 0.1) is 0 Å². The molecule has 2 heteroatoms. The Morgan fingerprint density at radius 1 is 1.15 bits per heavy atom. The number of carbonyl (C=O) groups excluding carboxylic acids is 1. The Bertz CT molecular complexity index is 474. The first-order chi connectivity index (χ1) is 9.79. The van der Waals surface area contributed by atoms with Gasteiger partial charge in [0, 0.05) is 30.3 Å². The zero-order valence-electron chi connectivity index (χ0n) is 12.5. The Balaban J connectivity index is 1.83. The minimum Gasteiger partial charge on any atom is -0.368 e. The van der Waals surface area contributed by atoms with Crippen molar-refractivity contribution < 1.29 is 4.79 Å². The molecule has 20 heavy (non-hydrogen) atoms. The van der Waals surface area contributed by atoms with E-state index in [4.69, 9.17) is 0 Å². The van der Waals surface area contributed by atoms with Crippen molar-refractivity contribution in [2.75, 3.05) is 11.4 Å². The molecule has 1 heterocycles. The Hall–Kier alpha value is -1.31. The number of benzene rings is 1. The summed E-state index contributed by atoms with van der Waals surface area (Å²) in [5.74, 6) is 1.25. The second-order valence-corrected chi connectivity index (χ2v) is 6.32. The molecular weight excluding hydrogens is 246 g/mol. The van der Waals surface area contributed by atoms with Gasteiger partial charge in [0.15, 0.2) is 5.78 Å². The maximum absolute atomic E-state index is 12.2. The van der Waals surface area contributed by atoms with Crippen molar-refractivity contribution in [2.24, 2.45) is 5.92 Å². The molecule has 1 aliphatic carbocycles. The number of nitrogens with zero attached hydrogens (tertiary/aromatic N) is 1. The van der Waals surface area contributed by atoms with Crippen molar-refractivity contribution in [3.63, 3.8) is 0 Å². The first-order valence-corrected chi connectivity index (χ1v) is 8.18. The quantitative estimate of drug-likeness (QED) is 0.792. The van der Waals surface area contributed by atoms with Crippen molar-refractivity contribution >= 4 is 11.5 Å². The van der Waals surface area contributed by atoms with E-state index in [2.05, 4.69) is 24.0 Å². The van der Waals surface area contributed by atoms with Crippen molar-refractivity contribution in [2.45, 2.75) is 57.9 Å². The van der Waals surface area contributed by atoms with Crippen molar-refractivity contribution in [3.8, 4) is 0 Å². The molecular formula is C18H25NO. The largest absolute Gasteiger partial charge is 0.368 e. The number of carbonyl (C=O) groups is 1. The van der Waals surface area contributed by atoms with Gasteiger partial charge in [0.25, 0.3) is 0 Å². The minimum absolute atomic E-state index is 0.324. The molecule has 1 aromatic rings. The van der Waals surface area contributed by atoms with Crippen LogP contribution in [0.5, 0.6) is 0 Å². The summed E-state index contributed by atoms with van der Waals surface area (Å²) in [5.41, 5.74) is 2.14. The number of rotatable bonds is 2. The van der Waals surface area contributed by atoms with Crippen molar-refractivity contribution in [3.05, 3.63) is 29.8 Å². The van der Waals surface area contributed by atoms with Crippen LogP contribution in [0, 0.1) is 5.92 Å². The number of ketones is 1. The second-order valence-electron chi connectivity index (χ2n) is 6.32. The summed E-state index contributed by atoms with van der Waals surface area (Å²) in [6.45, 7) is 3.36. The highest BCUT2D eigenvalue weighted by molar-refractivity contribution is 6.02. The van der Waals surface area contributed by atoms with Gasteiger partial charge >= 0.3 is 0 Å². The lowest BCUT2D eigenvalue weighted by molar-refractivity contribution is 0.0984. The maximum atomic E-state index is 12.2. The fourth-order valence-corrected chi connectivity index (χ4v) is 3.87. The summed E-state index contributed by atoms with van der Waals surface area (Å²) >= 11 is 0. The smallest absolute Gasteiger partial charge is 0.165 e. The van der Waals surface area contributed by atoms with Crippen LogP contribution in [0.4, 0.5) is 5.69 Å². The van der Waals surface area contributed by atoms with E-state index in [-0.39, 0.29) is 0 Å². The minimum atomic E-state index is 0.324. The van der Waals surface area contributed by atoms with E-state index in [1.54, 1.807) is 0 Å². The zero-order chi connectivity index (χ0) is 13.9. The van der Waals surface area contributed by atoms with E-state index in [9.17, 15) is 4.79 Å². The molecule has 1 aliphatic heterocycles. The number of Topliss-reactive ketones (excluding diaryl/α,β-unsaturated/α-hetero) is 1. The number of hydrogen-bond acceptors (Lipinski definition) is 2. The van der Waals surface area contributed by atoms with Gasteiger partial charge in [-0.3, -0.25) is 4.79 Å². The lowest BCUT2D eigenvalue weighted by Gasteiger charge is -2.38. The summed E-state index contributed by atoms with van der Waals surface area (Å²) in [4.78, 5) is 14.7. The number of anilines is 1. The van der Waals surface area contributed by atoms with Gasteiger partial charge < -0.3 is 4.90 Å². The molecule has 0 saturated heterocycles. The predicted octanol–water partition coefficient (Wildman–Crippen LogP) is 4.44. The second kappa shape index (κ2) is 5.99. The first-order valence-electron chi connectivity index (χ1n) is 8.18. The van der Waals surface area contributed by atoms with Gasteiger partial charge in [-0.1, -0.05) is 25.5 Å². The number of fused-ring (bicyclic) bond motifs is 1. The third-order valence-corrected chi connectivity index (χ3v) is 5.15. The summed E-state index contributed by atoms with van der Waals surface area (Å²) < 4.78 is 0. The summed E-state index contributed by atoms with van der Waals surface area (Å²) in [5, 5.41) is 0. The van der Waals surface area contributed by atoms with Gasteiger partial charge in [-0.15, -0.1) is 0 Å². The van der Waals surface area contributed by atoms with Crippen LogP contribution in [0.2, 0.25) is 0 Å². The standard InChI is InChI=1S/C18H25NO/c1-2-14-9-11-15(12-10-14)19-13-5-8-18(20)16-6-3-4-7-17(16)19/h3-4,6-7,14-15H,2,5,8-13H2,1H3. The molecule has 0 bridgehead atoms. The monoisotopic (exact) mass is 271 g/mol. The Kier molecular flexibility index (Phi) is 4.09. The lowest BCUT2D eigenvalue weighted by Crippen LogP contribution is -2.38. The summed E-state index contributed by atoms with van der Waals surface area (Å²) in [6, 6.07) is 8.86. The average Bonchev–Trinajstić information content (AvgIpc) is 2.67. The Labute approximate surface area is 122 Å². The van der Waals surface area contributed by atoms with Crippen LogP contribution in [0.15, 0.2) is 24.3 Å². The number of hydrogen-bond donors (Lipinski definition) is 0. The van der Waals surface area contributed by atoms with E-state index < -0.39 is 0 Å². The highest BCUT2D eigenvalue weighted by Gasteiger charge is 2.29. The van der Waals surface area contributed by atoms with Crippen LogP contribution in [-0.2, 0) is 0 Å². The number of para-hydroxylation sites is 1. The van der Waals surface area contributed by atoms with E-state index >= 15 is 0 Å². The molecule has 108 valence electrons. The maximum Gasteiger partial charge on any atom is 0.165 e. The van der Waals surface area contributed by atoms with Gasteiger partial charge in [-0.2, -0.15) is 0 Å². The van der Waals surface area contributed by atoms with E-state index in [0.29, 0.717) is 18.2 Å². The third kappa shape index (κ3) is 2.61. The van der Waals surface area contributed by atoms with Gasteiger partial charge in [0.2, 0.25) is 0 Å². The summed E-state index contributed by atoms with van der Waals surface area (Å²) in [7, 11) is 0. The van der Waals surface area contributed by atoms with Crippen molar-refractivity contribution in [1.82, 2.24) is 0 Å². The molecule has 0 unspecified atom stereocenters. The molecule has 0 spiro atoms. The van der Waals surface area contributed by atoms with Crippen LogP contribution >= 0.6 is 0 Å². The van der Waals surface area contributed by atoms with Crippen LogP contribution < -0.4 is 4.90 Å². The normalized spacial score (nSPS) is 27.1. The molecule has 1 saturated carbocycles. The Morgan fingerprint density at radius 2 is 1.90 bits per heavy atom. The van der Waals surface area contributed by atoms with E-state index in [1.165, 1.54) is 37.8 Å². The SMILES string of the molecule is CCC1CCC(N2CCCC(=O)c3ccccc32)CC1. The predicted molar refractivity (Wildman–Crippen MR) is 83.4 cm³/mol. The molecule has 3 rings (SSSR count). The highest BCUT2D eigenvalue weighted by Crippen LogP contribution is 2.35. The molecule has 1 aromatic carbocycles. The zero-order valence-corrected chi connectivity index (χ0v) is 12.5. The van der Waals surface area contributed by atoms with E-state index in [1.807, 2.05) is 12.1 Å². The molecule has 0 amide bonds. The van der Waals surface area contributed by atoms with Gasteiger partial charge in [-0.05, 0) is 50.2 Å². The van der Waals surface area contributed by atoms with E-state index in [0.717, 1.165) is 24.4 Å². The van der Waals surface area contributed by atoms with Gasteiger partial charge in [0.1, 0.15) is 0 Å². The lowest BCUT2D eigenvalue weighted by atomic mass is 9.83. The Morgan fingerprint density at radius 3 is 2.65 bits per heavy atom. The van der Waals surface area contributed by atoms with Crippen molar-refractivity contribution in [1.29, 1.82) is 0 Å². The molecule has 0 aromatic heterocycles. The molecule has 1 fully saturated rings. The molecule has 2 aliphatic rings. The van der Waals surface area contributed by atoms with Crippen LogP contribution in [0.3, 0.4) is 0 Å². The molecule has 0 atom stereocenters. The van der Waals surface area contributed by atoms with Gasteiger partial charge in [-0.25, -0.2) is 0 Å². The molecule has 0 radical (unpaired) electrons. The average molecular weight is 271 g/mol. The van der Waals surface area contributed by atoms with Crippen LogP contribution in [0.25, 0.3) is 0 Å². The highest BCUT2D eigenvalue weighted by atomic mass is 16.1. The van der Waals surface area contributed by atoms with Crippen LogP contribution in [-0.4, -0.2) is 18.4 Å².